The van der Waals surface area contributed by atoms with Gasteiger partial charge in [0.25, 0.3) is 0 Å². The van der Waals surface area contributed by atoms with E-state index in [-0.39, 0.29) is 31.5 Å². The Balaban J connectivity index is 2.14. The molecule has 3 N–H and O–H groups in total. The van der Waals surface area contributed by atoms with Crippen molar-refractivity contribution in [2.45, 2.75) is 50.2 Å². The number of hydrogen-bond donors (Lipinski definition) is 2. The van der Waals surface area contributed by atoms with Crippen LogP contribution in [0.2, 0.25) is 0 Å². The van der Waals surface area contributed by atoms with Crippen molar-refractivity contribution in [3.8, 4) is 5.75 Å². The minimum Gasteiger partial charge on any atom is -0.406 e. The minimum absolute atomic E-state index is 0.0583. The summed E-state index contributed by atoms with van der Waals surface area (Å²) in [5.41, 5.74) is 3.97. The van der Waals surface area contributed by atoms with Gasteiger partial charge in [0.15, 0.2) is 0 Å². The average Bonchev–Trinajstić information content (AvgIpc) is 2.69. The van der Waals surface area contributed by atoms with Crippen LogP contribution in [-0.2, 0) is 12.0 Å². The molecule has 2 rings (SSSR count). The van der Waals surface area contributed by atoms with E-state index in [1.165, 1.54) is 0 Å². The molecule has 2 aromatic carbocycles. The molecule has 0 amide bonds. The van der Waals surface area contributed by atoms with E-state index in [1.807, 2.05) is 30.3 Å². The third kappa shape index (κ3) is 7.43. The molecule has 0 radical (unpaired) electrons. The number of aryl methyl sites for hydroxylation is 1. The van der Waals surface area contributed by atoms with Crippen LogP contribution in [0.15, 0.2) is 54.6 Å². The number of nitrogens with two attached hydrogens (primary N) is 1. The fraction of sp³-hybridized carbons (Fsp3) is 0.455. The van der Waals surface area contributed by atoms with Crippen molar-refractivity contribution >= 4 is 0 Å². The molecular weight excluding hydrogens is 422 g/mol. The first-order valence-corrected chi connectivity index (χ1v) is 9.99. The summed E-state index contributed by atoms with van der Waals surface area (Å²) < 4.78 is 83.5. The Labute approximate surface area is 177 Å². The van der Waals surface area contributed by atoms with Crippen LogP contribution in [0.25, 0.3) is 0 Å². The molecule has 0 aliphatic carbocycles. The van der Waals surface area contributed by atoms with Gasteiger partial charge in [0.05, 0.1) is 0 Å². The van der Waals surface area contributed by atoms with E-state index in [1.54, 1.807) is 0 Å². The molecule has 0 aromatic heterocycles. The minimum atomic E-state index is -4.92. The van der Waals surface area contributed by atoms with Crippen LogP contribution < -0.4 is 15.8 Å². The number of halogens is 6. The second-order valence-corrected chi connectivity index (χ2v) is 7.24. The Kier molecular flexibility index (Phi) is 8.76. The number of unbranched alkanes of at least 4 members (excludes halogenated alkanes) is 1. The lowest BCUT2D eigenvalue weighted by atomic mass is 9.84. The second-order valence-electron chi connectivity index (χ2n) is 7.24. The predicted octanol–water partition coefficient (Wildman–Crippen LogP) is 5.69. The Bertz CT molecular complexity index is 777. The van der Waals surface area contributed by atoms with E-state index < -0.39 is 23.8 Å². The van der Waals surface area contributed by atoms with Gasteiger partial charge in [-0.15, -0.1) is 13.2 Å². The van der Waals surface area contributed by atoms with Crippen molar-refractivity contribution in [2.75, 3.05) is 13.1 Å². The van der Waals surface area contributed by atoms with Gasteiger partial charge < -0.3 is 10.5 Å². The van der Waals surface area contributed by atoms with Gasteiger partial charge in [-0.1, -0.05) is 42.5 Å². The van der Waals surface area contributed by atoms with Gasteiger partial charge in [0.2, 0.25) is 0 Å². The highest BCUT2D eigenvalue weighted by molar-refractivity contribution is 5.33. The molecule has 0 saturated carbocycles. The number of benzene rings is 2. The van der Waals surface area contributed by atoms with Crippen LogP contribution in [0.1, 0.15) is 36.8 Å². The fourth-order valence-electron chi connectivity index (χ4n) is 3.45. The molecule has 31 heavy (non-hydrogen) atoms. The second kappa shape index (κ2) is 10.9. The fourth-order valence-corrected chi connectivity index (χ4v) is 3.45. The molecule has 172 valence electrons. The summed E-state index contributed by atoms with van der Waals surface area (Å²) in [5.74, 6) is -0.575. The molecule has 9 heteroatoms. The summed E-state index contributed by atoms with van der Waals surface area (Å²) in [6.45, 7) is 0.153. The maximum Gasteiger partial charge on any atom is 0.573 e. The highest BCUT2D eigenvalue weighted by Crippen LogP contribution is 2.43. The largest absolute Gasteiger partial charge is 0.573 e. The van der Waals surface area contributed by atoms with Crippen LogP contribution in [0.5, 0.6) is 5.75 Å². The number of alkyl halides is 6. The topological polar surface area (TPSA) is 47.3 Å². The van der Waals surface area contributed by atoms with E-state index >= 15 is 0 Å². The van der Waals surface area contributed by atoms with Crippen molar-refractivity contribution in [1.29, 1.82) is 0 Å². The van der Waals surface area contributed by atoms with Gasteiger partial charge in [-0.25, -0.2) is 0 Å². The highest BCUT2D eigenvalue weighted by atomic mass is 19.4. The predicted molar refractivity (Wildman–Crippen MR) is 107 cm³/mol. The van der Waals surface area contributed by atoms with Gasteiger partial charge in [-0.3, -0.25) is 5.32 Å². The average molecular weight is 448 g/mol. The van der Waals surface area contributed by atoms with Gasteiger partial charge in [0.1, 0.15) is 11.3 Å². The third-order valence-corrected chi connectivity index (χ3v) is 4.98. The summed E-state index contributed by atoms with van der Waals surface area (Å²) >= 11 is 0. The summed E-state index contributed by atoms with van der Waals surface area (Å²) in [5, 5.41) is 2.63. The Morgan fingerprint density at radius 3 is 2.00 bits per heavy atom. The lowest BCUT2D eigenvalue weighted by molar-refractivity contribution is -0.274. The van der Waals surface area contributed by atoms with Crippen LogP contribution in [0.3, 0.4) is 0 Å². The SMILES string of the molecule is NCCCC(NCCCCc1ccccc1)(c1ccc(OC(F)(F)F)cc1)C(F)(F)F. The Hall–Kier alpha value is -2.26. The van der Waals surface area contributed by atoms with E-state index in [9.17, 15) is 26.3 Å². The van der Waals surface area contributed by atoms with Crippen molar-refractivity contribution in [3.63, 3.8) is 0 Å². The van der Waals surface area contributed by atoms with Crippen molar-refractivity contribution in [2.24, 2.45) is 5.73 Å². The van der Waals surface area contributed by atoms with E-state index in [0.29, 0.717) is 12.8 Å². The molecule has 0 spiro atoms. The zero-order valence-electron chi connectivity index (χ0n) is 16.9. The smallest absolute Gasteiger partial charge is 0.406 e. The molecular formula is C22H26F6N2O. The quantitative estimate of drug-likeness (QED) is 0.343. The van der Waals surface area contributed by atoms with Crippen molar-refractivity contribution in [3.05, 3.63) is 65.7 Å². The standard InChI is InChI=1S/C22H26F6N2O/c23-21(24,25)20(14-6-15-29,18-10-12-19(13-11-18)31-22(26,27)28)30-16-5-4-9-17-7-2-1-3-8-17/h1-3,7-8,10-13,30H,4-6,9,14-16,29H2. The lowest BCUT2D eigenvalue weighted by Crippen LogP contribution is -2.54. The summed E-state index contributed by atoms with van der Waals surface area (Å²) in [6, 6.07) is 13.4. The van der Waals surface area contributed by atoms with Gasteiger partial charge in [0, 0.05) is 0 Å². The van der Waals surface area contributed by atoms with Crippen molar-refractivity contribution in [1.82, 2.24) is 5.32 Å². The molecule has 0 saturated heterocycles. The lowest BCUT2D eigenvalue weighted by Gasteiger charge is -2.37. The first-order valence-electron chi connectivity index (χ1n) is 9.99. The number of rotatable bonds is 11. The maximum absolute atomic E-state index is 14.2. The highest BCUT2D eigenvalue weighted by Gasteiger charge is 2.55. The molecule has 0 bridgehead atoms. The molecule has 1 atom stereocenters. The molecule has 0 heterocycles. The number of hydrogen-bond acceptors (Lipinski definition) is 3. The number of nitrogens with one attached hydrogen (secondary N) is 1. The molecule has 2 aromatic rings. The first-order chi connectivity index (χ1) is 14.6. The molecule has 0 aliphatic rings. The molecule has 1 unspecified atom stereocenters. The molecule has 0 aliphatic heterocycles. The Morgan fingerprint density at radius 2 is 1.45 bits per heavy atom. The summed E-state index contributed by atoms with van der Waals surface area (Å²) in [6.07, 6.45) is -7.88. The van der Waals surface area contributed by atoms with Crippen LogP contribution in [0, 0.1) is 0 Å². The molecule has 0 fully saturated rings. The van der Waals surface area contributed by atoms with Gasteiger partial charge in [-0.05, 0) is 68.5 Å². The zero-order chi connectivity index (χ0) is 23.0. The maximum atomic E-state index is 14.2. The van der Waals surface area contributed by atoms with Gasteiger partial charge >= 0.3 is 12.5 Å². The number of ether oxygens (including phenoxy) is 1. The van der Waals surface area contributed by atoms with E-state index in [4.69, 9.17) is 5.73 Å². The zero-order valence-corrected chi connectivity index (χ0v) is 16.9. The normalized spacial score (nSPS) is 14.3. The molecule has 3 nitrogen and oxygen atoms in total. The third-order valence-electron chi connectivity index (χ3n) is 4.98. The first kappa shape index (κ1) is 25.0. The summed E-state index contributed by atoms with van der Waals surface area (Å²) in [4.78, 5) is 0. The van der Waals surface area contributed by atoms with Crippen LogP contribution in [-0.4, -0.2) is 25.6 Å². The van der Waals surface area contributed by atoms with Crippen LogP contribution >= 0.6 is 0 Å². The monoisotopic (exact) mass is 448 g/mol. The van der Waals surface area contributed by atoms with E-state index in [2.05, 4.69) is 10.1 Å². The van der Waals surface area contributed by atoms with Gasteiger partial charge in [-0.2, -0.15) is 13.2 Å². The Morgan fingerprint density at radius 1 is 0.806 bits per heavy atom. The summed E-state index contributed by atoms with van der Waals surface area (Å²) in [7, 11) is 0. The van der Waals surface area contributed by atoms with E-state index in [0.717, 1.165) is 36.2 Å². The van der Waals surface area contributed by atoms with Crippen LogP contribution in [0.4, 0.5) is 26.3 Å². The van der Waals surface area contributed by atoms with Crippen molar-refractivity contribution < 1.29 is 31.1 Å².